The SMILES string of the molecule is Cc1cc2c(o1)CCNC2(C)C. The van der Waals surface area contributed by atoms with Gasteiger partial charge in [-0.1, -0.05) is 0 Å². The van der Waals surface area contributed by atoms with E-state index in [9.17, 15) is 0 Å². The standard InChI is InChI=1S/C10H15NO/c1-7-6-8-9(12-7)4-5-11-10(8,2)3/h6,11H,4-5H2,1-3H3. The van der Waals surface area contributed by atoms with Crippen LogP contribution in [0.4, 0.5) is 0 Å². The topological polar surface area (TPSA) is 25.2 Å². The molecule has 1 aliphatic heterocycles. The number of hydrogen-bond donors (Lipinski definition) is 1. The summed E-state index contributed by atoms with van der Waals surface area (Å²) in [5.74, 6) is 2.19. The number of rotatable bonds is 0. The molecule has 2 nitrogen and oxygen atoms in total. The van der Waals surface area contributed by atoms with Crippen LogP contribution in [0.1, 0.15) is 30.9 Å². The fourth-order valence-corrected chi connectivity index (χ4v) is 1.86. The molecule has 0 bridgehead atoms. The van der Waals surface area contributed by atoms with Gasteiger partial charge in [-0.3, -0.25) is 0 Å². The van der Waals surface area contributed by atoms with Crippen molar-refractivity contribution < 1.29 is 4.42 Å². The summed E-state index contributed by atoms with van der Waals surface area (Å²) in [7, 11) is 0. The van der Waals surface area contributed by atoms with Gasteiger partial charge >= 0.3 is 0 Å². The lowest BCUT2D eigenvalue weighted by Crippen LogP contribution is -2.41. The predicted octanol–water partition coefficient (Wildman–Crippen LogP) is 1.97. The Labute approximate surface area is 73.0 Å². The van der Waals surface area contributed by atoms with E-state index >= 15 is 0 Å². The summed E-state index contributed by atoms with van der Waals surface area (Å²) >= 11 is 0. The van der Waals surface area contributed by atoms with Crippen molar-refractivity contribution >= 4 is 0 Å². The monoisotopic (exact) mass is 165 g/mol. The van der Waals surface area contributed by atoms with Crippen molar-refractivity contribution in [3.05, 3.63) is 23.2 Å². The molecule has 1 aliphatic rings. The first-order chi connectivity index (χ1) is 5.59. The Morgan fingerprint density at radius 1 is 1.50 bits per heavy atom. The van der Waals surface area contributed by atoms with E-state index in [0.717, 1.165) is 24.5 Å². The molecule has 2 heteroatoms. The van der Waals surface area contributed by atoms with E-state index in [2.05, 4.69) is 25.2 Å². The molecule has 12 heavy (non-hydrogen) atoms. The maximum atomic E-state index is 5.60. The Morgan fingerprint density at radius 3 is 2.92 bits per heavy atom. The minimum atomic E-state index is 0.0886. The van der Waals surface area contributed by atoms with E-state index in [1.54, 1.807) is 0 Å². The highest BCUT2D eigenvalue weighted by atomic mass is 16.3. The zero-order valence-corrected chi connectivity index (χ0v) is 7.90. The molecule has 0 aliphatic carbocycles. The lowest BCUT2D eigenvalue weighted by atomic mass is 9.90. The third kappa shape index (κ3) is 1.07. The van der Waals surface area contributed by atoms with Gasteiger partial charge in [-0.2, -0.15) is 0 Å². The van der Waals surface area contributed by atoms with Crippen molar-refractivity contribution in [3.63, 3.8) is 0 Å². The summed E-state index contributed by atoms with van der Waals surface area (Å²) in [6.45, 7) is 7.42. The lowest BCUT2D eigenvalue weighted by molar-refractivity contribution is 0.350. The number of fused-ring (bicyclic) bond motifs is 1. The summed E-state index contributed by atoms with van der Waals surface area (Å²) in [4.78, 5) is 0. The molecule has 0 fully saturated rings. The highest BCUT2D eigenvalue weighted by Gasteiger charge is 2.29. The highest BCUT2D eigenvalue weighted by molar-refractivity contribution is 5.30. The van der Waals surface area contributed by atoms with Gasteiger partial charge in [-0.25, -0.2) is 0 Å². The third-order valence-electron chi connectivity index (χ3n) is 2.52. The first-order valence-electron chi connectivity index (χ1n) is 4.44. The van der Waals surface area contributed by atoms with E-state index in [1.165, 1.54) is 5.56 Å². The smallest absolute Gasteiger partial charge is 0.110 e. The van der Waals surface area contributed by atoms with Crippen LogP contribution in [0.25, 0.3) is 0 Å². The van der Waals surface area contributed by atoms with Gasteiger partial charge in [0.2, 0.25) is 0 Å². The number of aryl methyl sites for hydroxylation is 1. The second-order valence-electron chi connectivity index (χ2n) is 4.00. The van der Waals surface area contributed by atoms with Gasteiger partial charge in [0.15, 0.2) is 0 Å². The molecule has 0 atom stereocenters. The molecule has 0 saturated heterocycles. The second-order valence-corrected chi connectivity index (χ2v) is 4.00. The molecule has 0 saturated carbocycles. The van der Waals surface area contributed by atoms with Gasteiger partial charge in [0.05, 0.1) is 0 Å². The van der Waals surface area contributed by atoms with Crippen molar-refractivity contribution in [1.29, 1.82) is 0 Å². The largest absolute Gasteiger partial charge is 0.466 e. The fraction of sp³-hybridized carbons (Fsp3) is 0.600. The normalized spacial score (nSPS) is 20.6. The maximum Gasteiger partial charge on any atom is 0.110 e. The first kappa shape index (κ1) is 7.87. The van der Waals surface area contributed by atoms with Crippen LogP contribution >= 0.6 is 0 Å². The molecule has 0 amide bonds. The Balaban J connectivity index is 2.51. The van der Waals surface area contributed by atoms with Gasteiger partial charge in [0.25, 0.3) is 0 Å². The molecule has 0 spiro atoms. The quantitative estimate of drug-likeness (QED) is 0.635. The Kier molecular flexibility index (Phi) is 1.55. The minimum absolute atomic E-state index is 0.0886. The van der Waals surface area contributed by atoms with Gasteiger partial charge in [-0.05, 0) is 26.8 Å². The zero-order valence-electron chi connectivity index (χ0n) is 7.90. The molecule has 66 valence electrons. The van der Waals surface area contributed by atoms with E-state index < -0.39 is 0 Å². The molecule has 0 radical (unpaired) electrons. The van der Waals surface area contributed by atoms with Crippen LogP contribution in [0.15, 0.2) is 10.5 Å². The van der Waals surface area contributed by atoms with Gasteiger partial charge in [-0.15, -0.1) is 0 Å². The molecular weight excluding hydrogens is 150 g/mol. The first-order valence-corrected chi connectivity index (χ1v) is 4.44. The maximum absolute atomic E-state index is 5.60. The van der Waals surface area contributed by atoms with Crippen molar-refractivity contribution in [2.45, 2.75) is 32.7 Å². The molecule has 0 aromatic carbocycles. The third-order valence-corrected chi connectivity index (χ3v) is 2.52. The van der Waals surface area contributed by atoms with Crippen molar-refractivity contribution in [2.75, 3.05) is 6.54 Å². The zero-order chi connectivity index (χ0) is 8.77. The Bertz CT molecular complexity index is 299. The van der Waals surface area contributed by atoms with E-state index in [4.69, 9.17) is 4.42 Å². The molecule has 1 aromatic heterocycles. The molecule has 2 heterocycles. The van der Waals surface area contributed by atoms with Crippen LogP contribution in [0.5, 0.6) is 0 Å². The average Bonchev–Trinajstić information content (AvgIpc) is 2.30. The summed E-state index contributed by atoms with van der Waals surface area (Å²) in [6.07, 6.45) is 1.02. The van der Waals surface area contributed by atoms with E-state index in [0.29, 0.717) is 0 Å². The number of furan rings is 1. The molecule has 1 N–H and O–H groups in total. The van der Waals surface area contributed by atoms with Crippen LogP contribution in [0, 0.1) is 6.92 Å². The lowest BCUT2D eigenvalue weighted by Gasteiger charge is -2.30. The van der Waals surface area contributed by atoms with E-state index in [1.807, 2.05) is 6.92 Å². The van der Waals surface area contributed by atoms with Crippen LogP contribution in [-0.4, -0.2) is 6.54 Å². The summed E-state index contributed by atoms with van der Waals surface area (Å²) in [6, 6.07) is 2.14. The van der Waals surface area contributed by atoms with E-state index in [-0.39, 0.29) is 5.54 Å². The van der Waals surface area contributed by atoms with Crippen molar-refractivity contribution in [2.24, 2.45) is 0 Å². The van der Waals surface area contributed by atoms with Crippen LogP contribution in [0.2, 0.25) is 0 Å². The predicted molar refractivity (Wildman–Crippen MR) is 48.2 cm³/mol. The van der Waals surface area contributed by atoms with Crippen LogP contribution in [0.3, 0.4) is 0 Å². The summed E-state index contributed by atoms with van der Waals surface area (Å²) in [5.41, 5.74) is 1.41. The molecular formula is C10H15NO. The highest BCUT2D eigenvalue weighted by Crippen LogP contribution is 2.30. The van der Waals surface area contributed by atoms with Crippen LogP contribution < -0.4 is 5.32 Å². The van der Waals surface area contributed by atoms with Crippen molar-refractivity contribution in [3.8, 4) is 0 Å². The van der Waals surface area contributed by atoms with Crippen LogP contribution in [-0.2, 0) is 12.0 Å². The number of hydrogen-bond acceptors (Lipinski definition) is 2. The summed E-state index contributed by atoms with van der Waals surface area (Å²) in [5, 5.41) is 3.47. The number of nitrogens with one attached hydrogen (secondary N) is 1. The average molecular weight is 165 g/mol. The fourth-order valence-electron chi connectivity index (χ4n) is 1.86. The molecule has 0 unspecified atom stereocenters. The Hall–Kier alpha value is -0.760. The molecule has 1 aromatic rings. The molecule has 2 rings (SSSR count). The van der Waals surface area contributed by atoms with Gasteiger partial charge < -0.3 is 9.73 Å². The minimum Gasteiger partial charge on any atom is -0.466 e. The van der Waals surface area contributed by atoms with Gasteiger partial charge in [0, 0.05) is 24.1 Å². The van der Waals surface area contributed by atoms with Gasteiger partial charge in [0.1, 0.15) is 11.5 Å². The van der Waals surface area contributed by atoms with Crippen molar-refractivity contribution in [1.82, 2.24) is 5.32 Å². The Morgan fingerprint density at radius 2 is 2.25 bits per heavy atom. The second kappa shape index (κ2) is 2.36. The summed E-state index contributed by atoms with van der Waals surface area (Å²) < 4.78 is 5.60.